The van der Waals surface area contributed by atoms with Crippen molar-refractivity contribution in [3.05, 3.63) is 68.2 Å². The van der Waals surface area contributed by atoms with E-state index in [1.165, 1.54) is 12.1 Å². The normalized spacial score (nSPS) is 9.80. The molecule has 0 atom stereocenters. The summed E-state index contributed by atoms with van der Waals surface area (Å²) in [5.74, 6) is 0. The Morgan fingerprint density at radius 3 is 2.70 bits per heavy atom. The summed E-state index contributed by atoms with van der Waals surface area (Å²) in [7, 11) is 0. The van der Waals surface area contributed by atoms with Crippen LogP contribution < -0.4 is 5.32 Å². The number of benzene rings is 2. The molecule has 0 aromatic heterocycles. The van der Waals surface area contributed by atoms with E-state index >= 15 is 0 Å². The van der Waals surface area contributed by atoms with E-state index in [-0.39, 0.29) is 5.69 Å². The molecule has 20 heavy (non-hydrogen) atoms. The van der Waals surface area contributed by atoms with Gasteiger partial charge in [0.1, 0.15) is 6.07 Å². The van der Waals surface area contributed by atoms with E-state index in [1.54, 1.807) is 18.2 Å². The Kier molecular flexibility index (Phi) is 4.33. The molecule has 0 saturated heterocycles. The monoisotopic (exact) mass is 331 g/mol. The van der Waals surface area contributed by atoms with Gasteiger partial charge in [-0.3, -0.25) is 10.1 Å². The summed E-state index contributed by atoms with van der Waals surface area (Å²) in [6, 6.07) is 13.9. The van der Waals surface area contributed by atoms with E-state index in [9.17, 15) is 10.1 Å². The molecule has 0 aliphatic rings. The summed E-state index contributed by atoms with van der Waals surface area (Å²) in [5.41, 5.74) is 2.21. The van der Waals surface area contributed by atoms with Gasteiger partial charge in [0.2, 0.25) is 0 Å². The molecule has 100 valence electrons. The van der Waals surface area contributed by atoms with Crippen molar-refractivity contribution in [3.8, 4) is 6.07 Å². The Bertz CT molecular complexity index is 695. The summed E-state index contributed by atoms with van der Waals surface area (Å²) in [5, 5.41) is 22.8. The molecule has 0 spiro atoms. The molecule has 0 amide bonds. The maximum absolute atomic E-state index is 10.7. The average molecular weight is 332 g/mol. The van der Waals surface area contributed by atoms with Gasteiger partial charge in [-0.2, -0.15) is 5.26 Å². The summed E-state index contributed by atoms with van der Waals surface area (Å²) in [6.45, 7) is 0.470. The fourth-order valence-corrected chi connectivity index (χ4v) is 2.23. The Labute approximate surface area is 124 Å². The number of nitrogens with zero attached hydrogens (tertiary/aromatic N) is 2. The van der Waals surface area contributed by atoms with Crippen molar-refractivity contribution in [1.82, 2.24) is 0 Å². The van der Waals surface area contributed by atoms with Gasteiger partial charge < -0.3 is 5.32 Å². The van der Waals surface area contributed by atoms with Gasteiger partial charge >= 0.3 is 0 Å². The third-order valence-corrected chi connectivity index (χ3v) is 3.50. The van der Waals surface area contributed by atoms with Crippen molar-refractivity contribution in [2.45, 2.75) is 6.54 Å². The van der Waals surface area contributed by atoms with Crippen LogP contribution in [0.4, 0.5) is 11.4 Å². The third kappa shape index (κ3) is 3.13. The minimum Gasteiger partial charge on any atom is -0.380 e. The number of nitriles is 1. The first-order valence-electron chi connectivity index (χ1n) is 5.77. The second-order valence-electron chi connectivity index (χ2n) is 4.04. The number of rotatable bonds is 4. The lowest BCUT2D eigenvalue weighted by atomic mass is 10.1. The second kappa shape index (κ2) is 6.17. The van der Waals surface area contributed by atoms with Gasteiger partial charge in [0, 0.05) is 23.2 Å². The number of halogens is 1. The predicted molar refractivity (Wildman–Crippen MR) is 79.3 cm³/mol. The van der Waals surface area contributed by atoms with Gasteiger partial charge in [0.05, 0.1) is 16.2 Å². The molecule has 0 unspecified atom stereocenters. The van der Waals surface area contributed by atoms with E-state index in [2.05, 4.69) is 27.3 Å². The van der Waals surface area contributed by atoms with Crippen molar-refractivity contribution in [3.63, 3.8) is 0 Å². The molecular formula is C14H10BrN3O2. The Hall–Kier alpha value is -2.39. The van der Waals surface area contributed by atoms with Crippen LogP contribution in [0.25, 0.3) is 0 Å². The minimum absolute atomic E-state index is 0.0399. The molecule has 0 radical (unpaired) electrons. The number of nitro benzene ring substituents is 1. The summed E-state index contributed by atoms with van der Waals surface area (Å²) in [6.07, 6.45) is 0. The molecule has 2 aromatic carbocycles. The number of anilines is 1. The first kappa shape index (κ1) is 14.0. The van der Waals surface area contributed by atoms with E-state index in [0.29, 0.717) is 16.6 Å². The zero-order valence-corrected chi connectivity index (χ0v) is 11.9. The molecule has 5 nitrogen and oxygen atoms in total. The molecule has 2 rings (SSSR count). The van der Waals surface area contributed by atoms with E-state index < -0.39 is 4.92 Å². The zero-order valence-electron chi connectivity index (χ0n) is 10.3. The van der Waals surface area contributed by atoms with Crippen LogP contribution in [-0.4, -0.2) is 4.92 Å². The van der Waals surface area contributed by atoms with Crippen LogP contribution >= 0.6 is 15.9 Å². The van der Waals surface area contributed by atoms with Crippen LogP contribution in [0.1, 0.15) is 11.1 Å². The SMILES string of the molecule is N#Cc1ccccc1NCc1ccc([N+](=O)[O-])cc1Br. The van der Waals surface area contributed by atoms with Gasteiger partial charge in [-0.05, 0) is 23.8 Å². The van der Waals surface area contributed by atoms with Gasteiger partial charge in [-0.15, -0.1) is 0 Å². The summed E-state index contributed by atoms with van der Waals surface area (Å²) < 4.78 is 0.661. The first-order chi connectivity index (χ1) is 9.61. The highest BCUT2D eigenvalue weighted by Gasteiger charge is 2.09. The molecule has 1 N–H and O–H groups in total. The Morgan fingerprint density at radius 1 is 1.30 bits per heavy atom. The zero-order chi connectivity index (χ0) is 14.5. The lowest BCUT2D eigenvalue weighted by molar-refractivity contribution is -0.384. The van der Waals surface area contributed by atoms with Crippen molar-refractivity contribution in [2.24, 2.45) is 0 Å². The number of nitro groups is 1. The van der Waals surface area contributed by atoms with Crippen LogP contribution in [0, 0.1) is 21.4 Å². The smallest absolute Gasteiger partial charge is 0.270 e. The molecular weight excluding hydrogens is 322 g/mol. The largest absolute Gasteiger partial charge is 0.380 e. The second-order valence-corrected chi connectivity index (χ2v) is 4.90. The molecule has 0 heterocycles. The summed E-state index contributed by atoms with van der Waals surface area (Å²) in [4.78, 5) is 10.2. The average Bonchev–Trinajstić information content (AvgIpc) is 2.46. The standard InChI is InChI=1S/C14H10BrN3O2/c15-13-7-12(18(19)20)6-5-11(13)9-17-14-4-2-1-3-10(14)8-16/h1-7,17H,9H2. The number of nitrogens with one attached hydrogen (secondary N) is 1. The van der Waals surface area contributed by atoms with Gasteiger partial charge in [-0.25, -0.2) is 0 Å². The summed E-state index contributed by atoms with van der Waals surface area (Å²) >= 11 is 3.32. The fraction of sp³-hybridized carbons (Fsp3) is 0.0714. The highest BCUT2D eigenvalue weighted by Crippen LogP contribution is 2.24. The molecule has 0 aliphatic carbocycles. The molecule has 6 heteroatoms. The quantitative estimate of drug-likeness (QED) is 0.681. The van der Waals surface area contributed by atoms with Crippen molar-refractivity contribution < 1.29 is 4.92 Å². The number of non-ortho nitro benzene ring substituents is 1. The van der Waals surface area contributed by atoms with Gasteiger partial charge in [0.25, 0.3) is 5.69 Å². The van der Waals surface area contributed by atoms with Crippen molar-refractivity contribution in [2.75, 3.05) is 5.32 Å². The third-order valence-electron chi connectivity index (χ3n) is 2.76. The molecule has 0 aliphatic heterocycles. The van der Waals surface area contributed by atoms with E-state index in [0.717, 1.165) is 11.3 Å². The fourth-order valence-electron chi connectivity index (χ4n) is 1.72. The predicted octanol–water partition coefficient (Wildman–Crippen LogP) is 3.84. The van der Waals surface area contributed by atoms with Crippen LogP contribution in [0.3, 0.4) is 0 Å². The lowest BCUT2D eigenvalue weighted by Crippen LogP contribution is -2.02. The number of hydrogen-bond acceptors (Lipinski definition) is 4. The highest BCUT2D eigenvalue weighted by atomic mass is 79.9. The topological polar surface area (TPSA) is 79.0 Å². The van der Waals surface area contributed by atoms with Crippen LogP contribution in [0.15, 0.2) is 46.9 Å². The molecule has 0 saturated carbocycles. The maximum Gasteiger partial charge on any atom is 0.270 e. The first-order valence-corrected chi connectivity index (χ1v) is 6.57. The van der Waals surface area contributed by atoms with E-state index in [4.69, 9.17) is 5.26 Å². The number of hydrogen-bond donors (Lipinski definition) is 1. The van der Waals surface area contributed by atoms with Crippen LogP contribution in [-0.2, 0) is 6.54 Å². The highest BCUT2D eigenvalue weighted by molar-refractivity contribution is 9.10. The molecule has 0 fully saturated rings. The Balaban J connectivity index is 2.16. The lowest BCUT2D eigenvalue weighted by Gasteiger charge is -2.09. The van der Waals surface area contributed by atoms with Crippen LogP contribution in [0.2, 0.25) is 0 Å². The Morgan fingerprint density at radius 2 is 2.05 bits per heavy atom. The van der Waals surface area contributed by atoms with Crippen molar-refractivity contribution >= 4 is 27.3 Å². The van der Waals surface area contributed by atoms with E-state index in [1.807, 2.05) is 12.1 Å². The number of para-hydroxylation sites is 1. The van der Waals surface area contributed by atoms with Crippen molar-refractivity contribution in [1.29, 1.82) is 5.26 Å². The van der Waals surface area contributed by atoms with Gasteiger partial charge in [0.15, 0.2) is 0 Å². The minimum atomic E-state index is -0.438. The molecule has 0 bridgehead atoms. The maximum atomic E-state index is 10.7. The molecule has 2 aromatic rings. The van der Waals surface area contributed by atoms with Gasteiger partial charge in [-0.1, -0.05) is 28.1 Å². The van der Waals surface area contributed by atoms with Crippen LogP contribution in [0.5, 0.6) is 0 Å².